The summed E-state index contributed by atoms with van der Waals surface area (Å²) in [5, 5.41) is 16.4. The van der Waals surface area contributed by atoms with Gasteiger partial charge in [-0.1, -0.05) is 29.8 Å². The molecule has 1 unspecified atom stereocenters. The highest BCUT2D eigenvalue weighted by Crippen LogP contribution is 2.27. The molecule has 0 saturated heterocycles. The second-order valence-corrected chi connectivity index (χ2v) is 8.24. The molecule has 0 bridgehead atoms. The van der Waals surface area contributed by atoms with Crippen LogP contribution in [0.4, 0.5) is 0 Å². The predicted molar refractivity (Wildman–Crippen MR) is 99.2 cm³/mol. The van der Waals surface area contributed by atoms with Crippen LogP contribution in [0.5, 0.6) is 0 Å². The van der Waals surface area contributed by atoms with E-state index in [1.807, 2.05) is 4.68 Å². The average molecular weight is 342 g/mol. The van der Waals surface area contributed by atoms with Crippen LogP contribution in [0, 0.1) is 6.92 Å². The van der Waals surface area contributed by atoms with E-state index >= 15 is 0 Å². The van der Waals surface area contributed by atoms with E-state index in [1.54, 1.807) is 0 Å². The quantitative estimate of drug-likeness (QED) is 0.893. The molecule has 0 amide bonds. The van der Waals surface area contributed by atoms with Gasteiger partial charge in [0, 0.05) is 12.1 Å². The van der Waals surface area contributed by atoms with Gasteiger partial charge in [-0.05, 0) is 69.4 Å². The third-order valence-electron chi connectivity index (χ3n) is 4.97. The van der Waals surface area contributed by atoms with Gasteiger partial charge in [0.25, 0.3) is 0 Å². The van der Waals surface area contributed by atoms with Crippen molar-refractivity contribution in [1.82, 2.24) is 25.5 Å². The molecule has 1 heterocycles. The molecule has 6 nitrogen and oxygen atoms in total. The number of tetrazole rings is 1. The minimum atomic E-state index is -0.168. The first-order valence-corrected chi connectivity index (χ1v) is 9.21. The van der Waals surface area contributed by atoms with Gasteiger partial charge < -0.3 is 11.1 Å². The van der Waals surface area contributed by atoms with E-state index in [0.717, 1.165) is 31.5 Å². The van der Waals surface area contributed by atoms with Crippen LogP contribution in [-0.2, 0) is 5.54 Å². The van der Waals surface area contributed by atoms with Crippen molar-refractivity contribution in [3.05, 3.63) is 41.2 Å². The van der Waals surface area contributed by atoms with Gasteiger partial charge in [-0.15, -0.1) is 5.10 Å². The maximum absolute atomic E-state index is 6.07. The van der Waals surface area contributed by atoms with Crippen LogP contribution in [0.3, 0.4) is 0 Å². The summed E-state index contributed by atoms with van der Waals surface area (Å²) in [6.45, 7) is 8.48. The molecule has 1 fully saturated rings. The Labute approximate surface area is 150 Å². The number of benzene rings is 1. The lowest BCUT2D eigenvalue weighted by Gasteiger charge is -2.32. The number of aryl methyl sites for hydroxylation is 1. The first-order chi connectivity index (χ1) is 11.8. The van der Waals surface area contributed by atoms with Gasteiger partial charge in [-0.25, -0.2) is 4.68 Å². The van der Waals surface area contributed by atoms with Crippen LogP contribution in [0.2, 0.25) is 0 Å². The van der Waals surface area contributed by atoms with Crippen LogP contribution in [0.1, 0.15) is 69.4 Å². The van der Waals surface area contributed by atoms with Gasteiger partial charge >= 0.3 is 0 Å². The zero-order chi connectivity index (χ0) is 18.0. The molecular weight excluding hydrogens is 312 g/mol. The summed E-state index contributed by atoms with van der Waals surface area (Å²) in [5.41, 5.74) is 8.35. The first kappa shape index (κ1) is 18.0. The summed E-state index contributed by atoms with van der Waals surface area (Å²) in [6, 6.07) is 9.39. The number of nitrogens with one attached hydrogen (secondary N) is 1. The molecule has 1 aromatic heterocycles. The van der Waals surface area contributed by atoms with Gasteiger partial charge in [0.15, 0.2) is 5.82 Å². The first-order valence-electron chi connectivity index (χ1n) is 9.21. The van der Waals surface area contributed by atoms with Crippen molar-refractivity contribution in [1.29, 1.82) is 0 Å². The van der Waals surface area contributed by atoms with Gasteiger partial charge in [0.05, 0.1) is 11.6 Å². The molecule has 0 aliphatic heterocycles. The lowest BCUT2D eigenvalue weighted by molar-refractivity contribution is 0.297. The van der Waals surface area contributed by atoms with Crippen LogP contribution >= 0.6 is 0 Å². The van der Waals surface area contributed by atoms with E-state index < -0.39 is 0 Å². The predicted octanol–water partition coefficient (Wildman–Crippen LogP) is 2.69. The lowest BCUT2D eigenvalue weighted by atomic mass is 9.90. The standard InChI is InChI=1S/C19H30N6/c1-13-5-7-14(8-6-13)17(21-16-11-9-15(20)10-12-16)18-22-23-24-25(18)19(2,3)4/h5-8,15-17,21H,9-12,20H2,1-4H3. The molecule has 3 N–H and O–H groups in total. The summed E-state index contributed by atoms with van der Waals surface area (Å²) in [5.74, 6) is 0.867. The Morgan fingerprint density at radius 3 is 2.36 bits per heavy atom. The van der Waals surface area contributed by atoms with Crippen molar-refractivity contribution in [2.75, 3.05) is 0 Å². The Bertz CT molecular complexity index is 677. The number of hydrogen-bond acceptors (Lipinski definition) is 5. The normalized spacial score (nSPS) is 22.8. The minimum Gasteiger partial charge on any atom is -0.328 e. The molecule has 1 aliphatic rings. The van der Waals surface area contributed by atoms with Gasteiger partial charge in [0.2, 0.25) is 0 Å². The molecule has 0 radical (unpaired) electrons. The molecule has 1 saturated carbocycles. The third kappa shape index (κ3) is 4.25. The second-order valence-electron chi connectivity index (χ2n) is 8.24. The smallest absolute Gasteiger partial charge is 0.173 e. The fourth-order valence-electron chi connectivity index (χ4n) is 3.45. The molecular formula is C19H30N6. The number of aromatic nitrogens is 4. The molecule has 1 atom stereocenters. The van der Waals surface area contributed by atoms with E-state index in [0.29, 0.717) is 12.1 Å². The summed E-state index contributed by atoms with van der Waals surface area (Å²) >= 11 is 0. The Morgan fingerprint density at radius 1 is 1.12 bits per heavy atom. The van der Waals surface area contributed by atoms with E-state index in [-0.39, 0.29) is 11.6 Å². The van der Waals surface area contributed by atoms with Crippen molar-refractivity contribution >= 4 is 0 Å². The molecule has 25 heavy (non-hydrogen) atoms. The Morgan fingerprint density at radius 2 is 1.76 bits per heavy atom. The maximum atomic E-state index is 6.07. The minimum absolute atomic E-state index is 0.0193. The van der Waals surface area contributed by atoms with E-state index in [4.69, 9.17) is 5.73 Å². The highest BCUT2D eigenvalue weighted by atomic mass is 15.6. The molecule has 3 rings (SSSR count). The van der Waals surface area contributed by atoms with E-state index in [1.165, 1.54) is 11.1 Å². The van der Waals surface area contributed by atoms with Crippen molar-refractivity contribution in [2.24, 2.45) is 5.73 Å². The fraction of sp³-hybridized carbons (Fsp3) is 0.632. The lowest BCUT2D eigenvalue weighted by Crippen LogP contribution is -2.41. The fourth-order valence-corrected chi connectivity index (χ4v) is 3.45. The number of nitrogens with two attached hydrogens (primary N) is 1. The van der Waals surface area contributed by atoms with Crippen LogP contribution in [-0.4, -0.2) is 32.3 Å². The topological polar surface area (TPSA) is 81.7 Å². The third-order valence-corrected chi connectivity index (χ3v) is 4.97. The van der Waals surface area contributed by atoms with Gasteiger partial charge in [-0.3, -0.25) is 0 Å². The Balaban J connectivity index is 1.92. The van der Waals surface area contributed by atoms with Crippen molar-refractivity contribution < 1.29 is 0 Å². The van der Waals surface area contributed by atoms with Crippen LogP contribution in [0.25, 0.3) is 0 Å². The molecule has 0 spiro atoms. The average Bonchev–Trinajstić information content (AvgIpc) is 3.05. The van der Waals surface area contributed by atoms with Crippen LogP contribution < -0.4 is 11.1 Å². The van der Waals surface area contributed by atoms with Crippen molar-refractivity contribution in [2.45, 2.75) is 77.0 Å². The molecule has 2 aromatic rings. The SMILES string of the molecule is Cc1ccc(C(NC2CCC(N)CC2)c2nnnn2C(C)(C)C)cc1. The van der Waals surface area contributed by atoms with E-state index in [2.05, 4.69) is 72.8 Å². The van der Waals surface area contributed by atoms with Gasteiger partial charge in [0.1, 0.15) is 0 Å². The summed E-state index contributed by atoms with van der Waals surface area (Å²) in [7, 11) is 0. The summed E-state index contributed by atoms with van der Waals surface area (Å²) in [6.07, 6.45) is 4.34. The van der Waals surface area contributed by atoms with Crippen molar-refractivity contribution in [3.63, 3.8) is 0 Å². The molecule has 136 valence electrons. The Hall–Kier alpha value is -1.79. The highest BCUT2D eigenvalue weighted by Gasteiger charge is 2.29. The molecule has 1 aromatic carbocycles. The highest BCUT2D eigenvalue weighted by molar-refractivity contribution is 5.28. The number of rotatable bonds is 4. The van der Waals surface area contributed by atoms with Crippen molar-refractivity contribution in [3.8, 4) is 0 Å². The van der Waals surface area contributed by atoms with Crippen LogP contribution in [0.15, 0.2) is 24.3 Å². The zero-order valence-corrected chi connectivity index (χ0v) is 15.7. The number of nitrogens with zero attached hydrogens (tertiary/aromatic N) is 4. The zero-order valence-electron chi connectivity index (χ0n) is 15.7. The molecule has 6 heteroatoms. The summed E-state index contributed by atoms with van der Waals surface area (Å²) < 4.78 is 1.93. The number of hydrogen-bond donors (Lipinski definition) is 2. The Kier molecular flexibility index (Phi) is 5.20. The monoisotopic (exact) mass is 342 g/mol. The maximum Gasteiger partial charge on any atom is 0.173 e. The summed E-state index contributed by atoms with van der Waals surface area (Å²) in [4.78, 5) is 0. The van der Waals surface area contributed by atoms with Gasteiger partial charge in [-0.2, -0.15) is 0 Å². The second kappa shape index (κ2) is 7.22. The molecule has 1 aliphatic carbocycles. The largest absolute Gasteiger partial charge is 0.328 e. The van der Waals surface area contributed by atoms with E-state index in [9.17, 15) is 0 Å².